The van der Waals surface area contributed by atoms with Gasteiger partial charge in [-0.15, -0.1) is 0 Å². The van der Waals surface area contributed by atoms with Crippen molar-refractivity contribution in [2.45, 2.75) is 64.7 Å². The lowest BCUT2D eigenvalue weighted by molar-refractivity contribution is -0.141. The fourth-order valence-corrected chi connectivity index (χ4v) is 6.25. The maximum atomic E-state index is 15.1. The predicted molar refractivity (Wildman–Crippen MR) is 206 cm³/mol. The second-order valence-corrected chi connectivity index (χ2v) is 14.5. The van der Waals surface area contributed by atoms with Gasteiger partial charge in [-0.3, -0.25) is 33.6 Å². The molecule has 2 aromatic carbocycles. The van der Waals surface area contributed by atoms with E-state index in [1.165, 1.54) is 4.90 Å². The third-order valence-electron chi connectivity index (χ3n) is 8.81. The molecule has 17 nitrogen and oxygen atoms in total. The standard InChI is InChI=1S/C39H50F2N8O9/c1-39(2,3)36(30-14-24(26-15-25(40)10-11-27(26)41)21-48(30)20-23-8-5-4-6-9-23)49(34(54)22-50)13-7-12-44-37(57)28(16-31(43)51)47-38(58)29(17-35(55)56)46-33(53)19-45-32(52)18-42/h4-6,8-11,14-15,21,28-29,36,50H,7,12-13,16-20,22,42H2,1-3H3,(H2,43,51)(H,44,57)(H,45,52)(H,46,53)(H,47,58)(H,55,56)/t28-,29+,36?/m0/s1. The number of hydrogen-bond donors (Lipinski definition) is 8. The minimum atomic E-state index is -1.71. The van der Waals surface area contributed by atoms with Gasteiger partial charge in [-0.1, -0.05) is 51.1 Å². The molecule has 0 saturated heterocycles. The lowest BCUT2D eigenvalue weighted by Crippen LogP contribution is -2.56. The summed E-state index contributed by atoms with van der Waals surface area (Å²) in [6.07, 6.45) is 0.133. The molecule has 314 valence electrons. The Morgan fingerprint density at radius 2 is 1.55 bits per heavy atom. The van der Waals surface area contributed by atoms with E-state index in [0.29, 0.717) is 17.8 Å². The molecule has 0 radical (unpaired) electrons. The number of aliphatic hydroxyl groups is 1. The number of nitrogens with zero attached hydrogens (tertiary/aromatic N) is 2. The minimum Gasteiger partial charge on any atom is -0.481 e. The molecule has 3 rings (SSSR count). The molecule has 10 N–H and O–H groups in total. The summed E-state index contributed by atoms with van der Waals surface area (Å²) < 4.78 is 31.2. The molecule has 0 aliphatic rings. The molecule has 0 bridgehead atoms. The number of rotatable bonds is 21. The van der Waals surface area contributed by atoms with Gasteiger partial charge in [0.25, 0.3) is 0 Å². The molecule has 6 amide bonds. The average molecular weight is 813 g/mol. The van der Waals surface area contributed by atoms with Gasteiger partial charge in [0.15, 0.2) is 0 Å². The van der Waals surface area contributed by atoms with Crippen molar-refractivity contribution in [1.29, 1.82) is 0 Å². The molecular formula is C39H50F2N8O9. The number of carboxylic acid groups (broad SMARTS) is 1. The Bertz CT molecular complexity index is 1950. The Morgan fingerprint density at radius 3 is 2.16 bits per heavy atom. The van der Waals surface area contributed by atoms with Gasteiger partial charge in [0.2, 0.25) is 35.4 Å². The van der Waals surface area contributed by atoms with Crippen LogP contribution in [-0.2, 0) is 40.1 Å². The Balaban J connectivity index is 1.85. The topological polar surface area (TPSA) is 268 Å². The number of aromatic nitrogens is 1. The summed E-state index contributed by atoms with van der Waals surface area (Å²) in [4.78, 5) is 88.2. The van der Waals surface area contributed by atoms with E-state index in [0.717, 1.165) is 23.8 Å². The maximum absolute atomic E-state index is 15.1. The van der Waals surface area contributed by atoms with Crippen molar-refractivity contribution in [2.75, 3.05) is 32.8 Å². The molecule has 1 aromatic heterocycles. The van der Waals surface area contributed by atoms with Crippen molar-refractivity contribution in [3.05, 3.63) is 83.7 Å². The number of carboxylic acids is 1. The molecule has 0 aliphatic heterocycles. The van der Waals surface area contributed by atoms with E-state index in [1.807, 2.05) is 55.7 Å². The first-order valence-electron chi connectivity index (χ1n) is 18.3. The molecule has 0 fully saturated rings. The molecule has 19 heteroatoms. The normalized spacial score (nSPS) is 12.7. The summed E-state index contributed by atoms with van der Waals surface area (Å²) in [7, 11) is 0. The summed E-state index contributed by atoms with van der Waals surface area (Å²) in [6.45, 7) is 3.82. The lowest BCUT2D eigenvalue weighted by atomic mass is 9.83. The van der Waals surface area contributed by atoms with Crippen molar-refractivity contribution in [3.8, 4) is 11.1 Å². The summed E-state index contributed by atoms with van der Waals surface area (Å²) in [5.41, 5.74) is 11.6. The molecule has 1 unspecified atom stereocenters. The molecule has 0 aliphatic carbocycles. The molecule has 1 heterocycles. The highest BCUT2D eigenvalue weighted by Crippen LogP contribution is 2.41. The largest absolute Gasteiger partial charge is 0.481 e. The van der Waals surface area contributed by atoms with Crippen LogP contribution < -0.4 is 32.7 Å². The van der Waals surface area contributed by atoms with E-state index in [1.54, 1.807) is 12.3 Å². The maximum Gasteiger partial charge on any atom is 0.305 e. The van der Waals surface area contributed by atoms with Gasteiger partial charge in [-0.25, -0.2) is 8.78 Å². The van der Waals surface area contributed by atoms with Crippen LogP contribution in [0.1, 0.15) is 57.3 Å². The number of aliphatic hydroxyl groups excluding tert-OH is 1. The summed E-state index contributed by atoms with van der Waals surface area (Å²) in [6, 6.07) is 10.0. The number of primary amides is 1. The number of benzene rings is 2. The minimum absolute atomic E-state index is 0.00810. The highest BCUT2D eigenvalue weighted by atomic mass is 19.1. The van der Waals surface area contributed by atoms with Crippen molar-refractivity contribution in [1.82, 2.24) is 30.7 Å². The van der Waals surface area contributed by atoms with Crippen LogP contribution >= 0.6 is 0 Å². The van der Waals surface area contributed by atoms with Crippen LogP contribution in [0.5, 0.6) is 0 Å². The first-order chi connectivity index (χ1) is 27.3. The molecule has 3 aromatic rings. The fraction of sp³-hybridized carbons (Fsp3) is 0.410. The van der Waals surface area contributed by atoms with Crippen molar-refractivity contribution in [3.63, 3.8) is 0 Å². The Hall–Kier alpha value is -6.21. The third-order valence-corrected chi connectivity index (χ3v) is 8.81. The third kappa shape index (κ3) is 13.8. The summed E-state index contributed by atoms with van der Waals surface area (Å²) >= 11 is 0. The van der Waals surface area contributed by atoms with E-state index in [9.17, 15) is 48.2 Å². The van der Waals surface area contributed by atoms with Crippen molar-refractivity contribution < 1.29 is 52.6 Å². The van der Waals surface area contributed by atoms with Gasteiger partial charge in [0, 0.05) is 42.7 Å². The number of amides is 6. The van der Waals surface area contributed by atoms with Crippen LogP contribution in [-0.4, -0.2) is 106 Å². The van der Waals surface area contributed by atoms with E-state index in [2.05, 4.69) is 21.3 Å². The number of hydrogen-bond acceptors (Lipinski definition) is 9. The zero-order chi connectivity index (χ0) is 43.2. The highest BCUT2D eigenvalue weighted by molar-refractivity contribution is 5.96. The first-order valence-corrected chi connectivity index (χ1v) is 18.3. The molecular weight excluding hydrogens is 762 g/mol. The molecule has 0 spiro atoms. The first kappa shape index (κ1) is 46.2. The number of nitrogens with one attached hydrogen (secondary N) is 4. The summed E-state index contributed by atoms with van der Waals surface area (Å²) in [5, 5.41) is 28.5. The monoisotopic (exact) mass is 812 g/mol. The number of nitrogens with two attached hydrogens (primary N) is 2. The second-order valence-electron chi connectivity index (χ2n) is 14.5. The number of aliphatic carboxylic acids is 1. The molecule has 3 atom stereocenters. The number of carbonyl (C=O) groups excluding carboxylic acids is 6. The Labute approximate surface area is 333 Å². The Kier molecular flexibility index (Phi) is 17.0. The van der Waals surface area contributed by atoms with Crippen molar-refractivity contribution in [2.24, 2.45) is 16.9 Å². The smallest absolute Gasteiger partial charge is 0.305 e. The van der Waals surface area contributed by atoms with Gasteiger partial charge in [0.05, 0.1) is 32.0 Å². The quantitative estimate of drug-likeness (QED) is 0.0682. The number of carbonyl (C=O) groups is 7. The van der Waals surface area contributed by atoms with Crippen LogP contribution in [0, 0.1) is 17.0 Å². The Morgan fingerprint density at radius 1 is 0.879 bits per heavy atom. The van der Waals surface area contributed by atoms with Gasteiger partial charge < -0.3 is 52.4 Å². The van der Waals surface area contributed by atoms with E-state index in [-0.39, 0.29) is 25.1 Å². The van der Waals surface area contributed by atoms with Gasteiger partial charge >= 0.3 is 5.97 Å². The van der Waals surface area contributed by atoms with Crippen LogP contribution in [0.15, 0.2) is 60.8 Å². The highest BCUT2D eigenvalue weighted by Gasteiger charge is 2.37. The number of halogens is 2. The van der Waals surface area contributed by atoms with Crippen LogP contribution in [0.3, 0.4) is 0 Å². The predicted octanol–water partition coefficient (Wildman–Crippen LogP) is 0.291. The van der Waals surface area contributed by atoms with Crippen molar-refractivity contribution >= 4 is 41.4 Å². The molecule has 0 saturated carbocycles. The fourth-order valence-electron chi connectivity index (χ4n) is 6.25. The molecule has 58 heavy (non-hydrogen) atoms. The van der Waals surface area contributed by atoms with E-state index in [4.69, 9.17) is 11.5 Å². The van der Waals surface area contributed by atoms with Gasteiger partial charge in [-0.05, 0) is 41.7 Å². The lowest BCUT2D eigenvalue weighted by Gasteiger charge is -2.41. The summed E-state index contributed by atoms with van der Waals surface area (Å²) in [5.74, 6) is -8.08. The van der Waals surface area contributed by atoms with Crippen LogP contribution in [0.2, 0.25) is 0 Å². The van der Waals surface area contributed by atoms with Crippen LogP contribution in [0.25, 0.3) is 11.1 Å². The van der Waals surface area contributed by atoms with Gasteiger partial charge in [-0.2, -0.15) is 0 Å². The zero-order valence-electron chi connectivity index (χ0n) is 32.4. The van der Waals surface area contributed by atoms with Gasteiger partial charge in [0.1, 0.15) is 30.3 Å². The van der Waals surface area contributed by atoms with E-state index < -0.39 is 109 Å². The van der Waals surface area contributed by atoms with Crippen LogP contribution in [0.4, 0.5) is 8.78 Å². The SMILES string of the molecule is CC(C)(C)C(c1cc(-c2cc(F)ccc2F)cn1Cc1ccccc1)N(CCCNC(=O)[C@H](CC(N)=O)NC(=O)[C@@H](CC(=O)O)NC(=O)CNC(=O)CN)C(=O)CO. The van der Waals surface area contributed by atoms with E-state index >= 15 is 4.39 Å². The zero-order valence-corrected chi connectivity index (χ0v) is 32.4. The second kappa shape index (κ2) is 21.4. The average Bonchev–Trinajstić information content (AvgIpc) is 3.56.